The Bertz CT molecular complexity index is 653. The Balaban J connectivity index is 0.00000208. The van der Waals surface area contributed by atoms with Crippen LogP contribution < -0.4 is 10.6 Å². The van der Waals surface area contributed by atoms with Gasteiger partial charge in [-0.15, -0.1) is 23.7 Å². The number of rotatable bonds is 4. The third-order valence-corrected chi connectivity index (χ3v) is 7.08. The highest BCUT2D eigenvalue weighted by atomic mass is 35.5. The summed E-state index contributed by atoms with van der Waals surface area (Å²) in [6, 6.07) is 1.62. The number of nitrogens with one attached hydrogen (secondary N) is 2. The highest BCUT2D eigenvalue weighted by molar-refractivity contribution is 7.89. The second kappa shape index (κ2) is 8.59. The molecule has 0 saturated carbocycles. The monoisotopic (exact) mass is 395 g/mol. The van der Waals surface area contributed by atoms with Gasteiger partial charge in [0.05, 0.1) is 13.2 Å². The standard InChI is InChI=1S/C14H21N3O4S2.ClH/c18-14(16-11-1-4-15-5-2-11)13-12(3-10-22-13)23(19,20)17-6-8-21-9-7-17;/h3,10-11,15H,1-2,4-9H2,(H,16,18);1H. The van der Waals surface area contributed by atoms with Crippen molar-refractivity contribution in [3.05, 3.63) is 16.3 Å². The van der Waals surface area contributed by atoms with Crippen LogP contribution in [0.3, 0.4) is 0 Å². The first-order chi connectivity index (χ1) is 11.1. The van der Waals surface area contributed by atoms with Crippen molar-refractivity contribution < 1.29 is 17.9 Å². The number of halogens is 1. The first-order valence-electron chi connectivity index (χ1n) is 7.76. The van der Waals surface area contributed by atoms with Crippen molar-refractivity contribution in [1.82, 2.24) is 14.9 Å². The highest BCUT2D eigenvalue weighted by Gasteiger charge is 2.31. The van der Waals surface area contributed by atoms with E-state index in [0.717, 1.165) is 25.9 Å². The quantitative estimate of drug-likeness (QED) is 0.782. The predicted molar refractivity (Wildman–Crippen MR) is 94.5 cm³/mol. The minimum Gasteiger partial charge on any atom is -0.379 e. The van der Waals surface area contributed by atoms with Gasteiger partial charge in [0.1, 0.15) is 9.77 Å². The lowest BCUT2D eigenvalue weighted by molar-refractivity contribution is 0.0730. The Kier molecular flexibility index (Phi) is 7.02. The molecule has 0 spiro atoms. The molecule has 3 rings (SSSR count). The van der Waals surface area contributed by atoms with Gasteiger partial charge in [0, 0.05) is 19.1 Å². The van der Waals surface area contributed by atoms with E-state index in [1.165, 1.54) is 21.7 Å². The molecule has 0 bridgehead atoms. The van der Waals surface area contributed by atoms with Gasteiger partial charge in [-0.05, 0) is 37.4 Å². The zero-order chi connectivity index (χ0) is 16.3. The number of hydrogen-bond acceptors (Lipinski definition) is 6. The molecule has 2 aliphatic heterocycles. The topological polar surface area (TPSA) is 87.7 Å². The summed E-state index contributed by atoms with van der Waals surface area (Å²) in [5.41, 5.74) is 0. The van der Waals surface area contributed by atoms with Crippen LogP contribution in [0.15, 0.2) is 16.3 Å². The third kappa shape index (κ3) is 4.27. The molecule has 0 atom stereocenters. The molecule has 7 nitrogen and oxygen atoms in total. The van der Waals surface area contributed by atoms with E-state index in [1.54, 1.807) is 5.38 Å². The van der Waals surface area contributed by atoms with E-state index in [9.17, 15) is 13.2 Å². The van der Waals surface area contributed by atoms with Gasteiger partial charge in [0.15, 0.2) is 0 Å². The van der Waals surface area contributed by atoms with Crippen molar-refractivity contribution in [3.8, 4) is 0 Å². The van der Waals surface area contributed by atoms with E-state index in [1.807, 2.05) is 0 Å². The van der Waals surface area contributed by atoms with Gasteiger partial charge >= 0.3 is 0 Å². The summed E-state index contributed by atoms with van der Waals surface area (Å²) in [4.78, 5) is 12.9. The Morgan fingerprint density at radius 3 is 2.62 bits per heavy atom. The summed E-state index contributed by atoms with van der Waals surface area (Å²) in [5.74, 6) is -0.293. The Labute approximate surface area is 152 Å². The van der Waals surface area contributed by atoms with Gasteiger partial charge in [0.25, 0.3) is 5.91 Å². The van der Waals surface area contributed by atoms with Gasteiger partial charge in [0.2, 0.25) is 10.0 Å². The third-order valence-electron chi connectivity index (χ3n) is 4.10. The molecular weight excluding hydrogens is 374 g/mol. The first-order valence-corrected chi connectivity index (χ1v) is 10.1. The van der Waals surface area contributed by atoms with Crippen LogP contribution in [0.4, 0.5) is 0 Å². The van der Waals surface area contributed by atoms with Crippen molar-refractivity contribution in [2.75, 3.05) is 39.4 Å². The number of carbonyl (C=O) groups excluding carboxylic acids is 1. The minimum atomic E-state index is -3.64. The molecule has 0 aromatic carbocycles. The number of ether oxygens (including phenoxy) is 1. The summed E-state index contributed by atoms with van der Waals surface area (Å²) >= 11 is 1.17. The SMILES string of the molecule is Cl.O=C(NC1CCNCC1)c1sccc1S(=O)(=O)N1CCOCC1. The van der Waals surface area contributed by atoms with Crippen LogP contribution in [-0.4, -0.2) is 64.1 Å². The van der Waals surface area contributed by atoms with Gasteiger partial charge in [-0.25, -0.2) is 8.42 Å². The molecular formula is C14H22ClN3O4S2. The van der Waals surface area contributed by atoms with Crippen molar-refractivity contribution in [3.63, 3.8) is 0 Å². The maximum atomic E-state index is 12.8. The van der Waals surface area contributed by atoms with Crippen LogP contribution in [0.5, 0.6) is 0 Å². The maximum absolute atomic E-state index is 12.8. The Hall–Kier alpha value is -0.710. The molecule has 2 N–H and O–H groups in total. The summed E-state index contributed by atoms with van der Waals surface area (Å²) in [6.07, 6.45) is 1.73. The number of carbonyl (C=O) groups is 1. The number of amides is 1. The van der Waals surface area contributed by atoms with E-state index in [0.29, 0.717) is 26.3 Å². The molecule has 1 amide bonds. The average molecular weight is 396 g/mol. The van der Waals surface area contributed by atoms with Gasteiger partial charge in [-0.1, -0.05) is 0 Å². The molecule has 0 radical (unpaired) electrons. The summed E-state index contributed by atoms with van der Waals surface area (Å²) < 4.78 is 32.1. The molecule has 0 unspecified atom stereocenters. The van der Waals surface area contributed by atoms with E-state index < -0.39 is 10.0 Å². The van der Waals surface area contributed by atoms with E-state index >= 15 is 0 Å². The second-order valence-corrected chi connectivity index (χ2v) is 8.45. The van der Waals surface area contributed by atoms with Gasteiger partial charge < -0.3 is 15.4 Å². The fourth-order valence-corrected chi connectivity index (χ4v) is 5.52. The zero-order valence-electron chi connectivity index (χ0n) is 13.2. The van der Waals surface area contributed by atoms with Crippen LogP contribution in [0, 0.1) is 0 Å². The van der Waals surface area contributed by atoms with Crippen LogP contribution in [0.1, 0.15) is 22.5 Å². The number of morpholine rings is 1. The van der Waals surface area contributed by atoms with Crippen molar-refractivity contribution in [1.29, 1.82) is 0 Å². The van der Waals surface area contributed by atoms with Crippen LogP contribution in [-0.2, 0) is 14.8 Å². The first kappa shape index (κ1) is 19.6. The lowest BCUT2D eigenvalue weighted by atomic mass is 10.1. The molecule has 0 aliphatic carbocycles. The molecule has 136 valence electrons. The smallest absolute Gasteiger partial charge is 0.262 e. The maximum Gasteiger partial charge on any atom is 0.262 e. The summed E-state index contributed by atoms with van der Waals surface area (Å²) in [5, 5.41) is 7.86. The molecule has 10 heteroatoms. The van der Waals surface area contributed by atoms with E-state index in [2.05, 4.69) is 10.6 Å². The number of hydrogen-bond donors (Lipinski definition) is 2. The van der Waals surface area contributed by atoms with Gasteiger partial charge in [-0.3, -0.25) is 4.79 Å². The van der Waals surface area contributed by atoms with Crippen LogP contribution in [0.25, 0.3) is 0 Å². The Morgan fingerprint density at radius 2 is 1.96 bits per heavy atom. The number of thiophene rings is 1. The largest absolute Gasteiger partial charge is 0.379 e. The normalized spacial score (nSPS) is 20.3. The molecule has 3 heterocycles. The minimum absolute atomic E-state index is 0. The molecule has 2 aliphatic rings. The van der Waals surface area contributed by atoms with Crippen molar-refractivity contribution >= 4 is 39.7 Å². The molecule has 1 aromatic heterocycles. The summed E-state index contributed by atoms with van der Waals surface area (Å²) in [7, 11) is -3.64. The number of nitrogens with zero attached hydrogens (tertiary/aromatic N) is 1. The highest BCUT2D eigenvalue weighted by Crippen LogP contribution is 2.26. The van der Waals surface area contributed by atoms with E-state index in [4.69, 9.17) is 4.74 Å². The van der Waals surface area contributed by atoms with Crippen LogP contribution in [0.2, 0.25) is 0 Å². The average Bonchev–Trinajstić information content (AvgIpc) is 3.07. The lowest BCUT2D eigenvalue weighted by Crippen LogP contribution is -2.43. The van der Waals surface area contributed by atoms with Gasteiger partial charge in [-0.2, -0.15) is 4.31 Å². The predicted octanol–water partition coefficient (Wildman–Crippen LogP) is 0.673. The Morgan fingerprint density at radius 1 is 1.29 bits per heavy atom. The van der Waals surface area contributed by atoms with E-state index in [-0.39, 0.29) is 34.1 Å². The second-order valence-electron chi connectivity index (χ2n) is 5.63. The number of sulfonamides is 1. The number of piperidine rings is 1. The zero-order valence-corrected chi connectivity index (χ0v) is 15.6. The van der Waals surface area contributed by atoms with Crippen molar-refractivity contribution in [2.45, 2.75) is 23.8 Å². The molecule has 2 fully saturated rings. The molecule has 24 heavy (non-hydrogen) atoms. The molecule has 1 aromatic rings. The fourth-order valence-electron chi connectivity index (χ4n) is 2.81. The fraction of sp³-hybridized carbons (Fsp3) is 0.643. The molecule has 2 saturated heterocycles. The lowest BCUT2D eigenvalue weighted by Gasteiger charge is -2.26. The summed E-state index contributed by atoms with van der Waals surface area (Å²) in [6.45, 7) is 3.17. The van der Waals surface area contributed by atoms with Crippen molar-refractivity contribution in [2.24, 2.45) is 0 Å². The van der Waals surface area contributed by atoms with Crippen LogP contribution >= 0.6 is 23.7 Å².